The van der Waals surface area contributed by atoms with E-state index in [9.17, 15) is 4.79 Å². The van der Waals surface area contributed by atoms with Crippen molar-refractivity contribution in [2.24, 2.45) is 5.92 Å². The predicted molar refractivity (Wildman–Crippen MR) is 101 cm³/mol. The summed E-state index contributed by atoms with van der Waals surface area (Å²) in [5.41, 5.74) is 1.62. The van der Waals surface area contributed by atoms with Crippen molar-refractivity contribution in [1.29, 1.82) is 0 Å². The second-order valence-corrected chi connectivity index (χ2v) is 8.19. The van der Waals surface area contributed by atoms with Gasteiger partial charge < -0.3 is 15.5 Å². The molecule has 0 radical (unpaired) electrons. The topological polar surface area (TPSA) is 47.6 Å². The Hall–Kier alpha value is -1.30. The number of carbonyl (C=O) groups excluding carboxylic acids is 1. The smallest absolute Gasteiger partial charge is 0.255 e. The summed E-state index contributed by atoms with van der Waals surface area (Å²) in [6.45, 7) is 8.29. The van der Waals surface area contributed by atoms with Gasteiger partial charge in [0.25, 0.3) is 5.91 Å². The number of carbonyl (C=O) groups is 1. The minimum Gasteiger partial charge on any atom is -0.380 e. The maximum Gasteiger partial charge on any atom is 0.255 e. The van der Waals surface area contributed by atoms with Gasteiger partial charge in [-0.3, -0.25) is 9.69 Å². The monoisotopic (exact) mass is 362 g/mol. The molecule has 1 amide bonds. The van der Waals surface area contributed by atoms with Crippen molar-refractivity contribution in [3.8, 4) is 0 Å². The number of halogens is 1. The molecule has 0 unspecified atom stereocenters. The Bertz CT molecular complexity index is 634. The van der Waals surface area contributed by atoms with Crippen LogP contribution in [0.2, 0.25) is 5.02 Å². The molecule has 0 spiro atoms. The van der Waals surface area contributed by atoms with E-state index in [4.69, 9.17) is 11.6 Å². The molecule has 0 aromatic heterocycles. The maximum absolute atomic E-state index is 12.4. The first-order valence-corrected chi connectivity index (χ1v) is 9.78. The van der Waals surface area contributed by atoms with E-state index >= 15 is 0 Å². The minimum absolute atomic E-state index is 0.0513. The van der Waals surface area contributed by atoms with E-state index in [1.807, 2.05) is 23.1 Å². The molecule has 3 heterocycles. The van der Waals surface area contributed by atoms with E-state index in [0.29, 0.717) is 22.5 Å². The highest BCUT2D eigenvalue weighted by atomic mass is 35.5. The van der Waals surface area contributed by atoms with Gasteiger partial charge >= 0.3 is 0 Å². The highest BCUT2D eigenvalue weighted by Crippen LogP contribution is 2.27. The molecule has 3 aliphatic heterocycles. The minimum atomic E-state index is 0.0513. The first kappa shape index (κ1) is 17.1. The Balaban J connectivity index is 1.30. The number of hydrogen-bond donors (Lipinski definition) is 2. The third-order valence-corrected chi connectivity index (χ3v) is 5.97. The summed E-state index contributed by atoms with van der Waals surface area (Å²) in [5.74, 6) is 0.653. The van der Waals surface area contributed by atoms with Crippen molar-refractivity contribution in [3.63, 3.8) is 0 Å². The van der Waals surface area contributed by atoms with Crippen LogP contribution in [0.5, 0.6) is 0 Å². The molecule has 3 aliphatic rings. The third kappa shape index (κ3) is 3.64. The average molecular weight is 363 g/mol. The molecule has 25 heavy (non-hydrogen) atoms. The SMILES string of the molecule is CC1CN(C(=O)c2ccc(NC3CN(C4CCNCC4)C3)cc2Cl)C1. The lowest BCUT2D eigenvalue weighted by Crippen LogP contribution is -2.60. The molecule has 4 rings (SSSR count). The first-order valence-electron chi connectivity index (χ1n) is 9.40. The molecule has 3 fully saturated rings. The van der Waals surface area contributed by atoms with Crippen LogP contribution in [-0.4, -0.2) is 67.1 Å². The van der Waals surface area contributed by atoms with Gasteiger partial charge in [0.05, 0.1) is 16.6 Å². The number of piperidine rings is 1. The lowest BCUT2D eigenvalue weighted by Gasteiger charge is -2.46. The van der Waals surface area contributed by atoms with Crippen LogP contribution in [-0.2, 0) is 0 Å². The number of likely N-dealkylation sites (tertiary alicyclic amines) is 2. The summed E-state index contributed by atoms with van der Waals surface area (Å²) in [6, 6.07) is 6.95. The molecule has 2 N–H and O–H groups in total. The number of rotatable bonds is 4. The number of nitrogens with one attached hydrogen (secondary N) is 2. The van der Waals surface area contributed by atoms with Crippen LogP contribution in [0.1, 0.15) is 30.1 Å². The number of amides is 1. The highest BCUT2D eigenvalue weighted by Gasteiger charge is 2.33. The standard InChI is InChI=1S/C19H27ClN4O/c1-13-9-24(10-13)19(25)17-3-2-14(8-18(17)20)22-15-11-23(12-15)16-4-6-21-7-5-16/h2-3,8,13,15-16,21-22H,4-7,9-12H2,1H3. The van der Waals surface area contributed by atoms with Crippen LogP contribution in [0.3, 0.4) is 0 Å². The van der Waals surface area contributed by atoms with Crippen LogP contribution < -0.4 is 10.6 Å². The summed E-state index contributed by atoms with van der Waals surface area (Å²) in [7, 11) is 0. The van der Waals surface area contributed by atoms with Gasteiger partial charge in [0.1, 0.15) is 0 Å². The molecular formula is C19H27ClN4O. The van der Waals surface area contributed by atoms with Gasteiger partial charge in [-0.15, -0.1) is 0 Å². The number of anilines is 1. The number of nitrogens with zero attached hydrogens (tertiary/aromatic N) is 2. The Morgan fingerprint density at radius 3 is 2.56 bits per heavy atom. The van der Waals surface area contributed by atoms with Crippen molar-refractivity contribution < 1.29 is 4.79 Å². The highest BCUT2D eigenvalue weighted by molar-refractivity contribution is 6.34. The van der Waals surface area contributed by atoms with Crippen molar-refractivity contribution in [3.05, 3.63) is 28.8 Å². The molecule has 1 aromatic rings. The van der Waals surface area contributed by atoms with Gasteiger partial charge in [-0.25, -0.2) is 0 Å². The van der Waals surface area contributed by atoms with Crippen LogP contribution in [0.15, 0.2) is 18.2 Å². The van der Waals surface area contributed by atoms with Gasteiger partial charge in [-0.1, -0.05) is 18.5 Å². The summed E-state index contributed by atoms with van der Waals surface area (Å²) >= 11 is 6.38. The Morgan fingerprint density at radius 1 is 1.20 bits per heavy atom. The molecule has 3 saturated heterocycles. The predicted octanol–water partition coefficient (Wildman–Crippen LogP) is 2.28. The quantitative estimate of drug-likeness (QED) is 0.862. The Labute approximate surface area is 154 Å². The van der Waals surface area contributed by atoms with E-state index in [2.05, 4.69) is 22.5 Å². The zero-order valence-electron chi connectivity index (χ0n) is 14.8. The van der Waals surface area contributed by atoms with Crippen molar-refractivity contribution >= 4 is 23.2 Å². The second-order valence-electron chi connectivity index (χ2n) is 7.79. The maximum atomic E-state index is 12.4. The van der Waals surface area contributed by atoms with Crippen molar-refractivity contribution in [2.75, 3.05) is 44.6 Å². The van der Waals surface area contributed by atoms with Gasteiger partial charge in [-0.2, -0.15) is 0 Å². The fourth-order valence-corrected chi connectivity index (χ4v) is 4.38. The van der Waals surface area contributed by atoms with E-state index in [0.717, 1.165) is 51.0 Å². The Kier molecular flexibility index (Phi) is 4.89. The molecule has 0 bridgehead atoms. The van der Waals surface area contributed by atoms with Crippen molar-refractivity contribution in [2.45, 2.75) is 31.8 Å². The number of hydrogen-bond acceptors (Lipinski definition) is 4. The van der Waals surface area contributed by atoms with E-state index < -0.39 is 0 Å². The zero-order valence-corrected chi connectivity index (χ0v) is 15.6. The molecule has 1 aromatic carbocycles. The lowest BCUT2D eigenvalue weighted by atomic mass is 9.98. The molecule has 6 heteroatoms. The largest absolute Gasteiger partial charge is 0.380 e. The van der Waals surface area contributed by atoms with Gasteiger partial charge in [0.2, 0.25) is 0 Å². The normalized spacial score (nSPS) is 23.2. The van der Waals surface area contributed by atoms with Crippen LogP contribution >= 0.6 is 11.6 Å². The van der Waals surface area contributed by atoms with Crippen molar-refractivity contribution in [1.82, 2.24) is 15.1 Å². The second kappa shape index (κ2) is 7.14. The molecule has 0 aliphatic carbocycles. The van der Waals surface area contributed by atoms with E-state index in [1.165, 1.54) is 12.8 Å². The molecule has 136 valence electrons. The van der Waals surface area contributed by atoms with Gasteiger partial charge in [-0.05, 0) is 50.0 Å². The Morgan fingerprint density at radius 2 is 1.92 bits per heavy atom. The van der Waals surface area contributed by atoms with E-state index in [-0.39, 0.29) is 5.91 Å². The fourth-order valence-electron chi connectivity index (χ4n) is 4.12. The number of benzene rings is 1. The summed E-state index contributed by atoms with van der Waals surface area (Å²) in [6.07, 6.45) is 2.51. The van der Waals surface area contributed by atoms with Crippen LogP contribution in [0, 0.1) is 5.92 Å². The fraction of sp³-hybridized carbons (Fsp3) is 0.632. The lowest BCUT2D eigenvalue weighted by molar-refractivity contribution is 0.0530. The van der Waals surface area contributed by atoms with Crippen LogP contribution in [0.25, 0.3) is 0 Å². The average Bonchev–Trinajstić information content (AvgIpc) is 2.55. The first-order chi connectivity index (χ1) is 12.1. The molecule has 0 atom stereocenters. The summed E-state index contributed by atoms with van der Waals surface area (Å²) in [5, 5.41) is 7.52. The molecule has 5 nitrogen and oxygen atoms in total. The van der Waals surface area contributed by atoms with Gasteiger partial charge in [0, 0.05) is 37.9 Å². The zero-order chi connectivity index (χ0) is 17.4. The third-order valence-electron chi connectivity index (χ3n) is 5.66. The summed E-state index contributed by atoms with van der Waals surface area (Å²) < 4.78 is 0. The van der Waals surface area contributed by atoms with Crippen LogP contribution in [0.4, 0.5) is 5.69 Å². The van der Waals surface area contributed by atoms with E-state index in [1.54, 1.807) is 0 Å². The molecule has 0 saturated carbocycles. The van der Waals surface area contributed by atoms with Gasteiger partial charge in [0.15, 0.2) is 0 Å². The summed E-state index contributed by atoms with van der Waals surface area (Å²) in [4.78, 5) is 16.9. The molecular weight excluding hydrogens is 336 g/mol.